The Morgan fingerprint density at radius 1 is 0.830 bits per heavy atom. The number of nitrogens with zero attached hydrogens (tertiary/aromatic N) is 2. The van der Waals surface area contributed by atoms with Gasteiger partial charge in [-0.3, -0.25) is 13.9 Å². The van der Waals surface area contributed by atoms with Crippen molar-refractivity contribution in [1.82, 2.24) is 10.2 Å². The molecular formula is C36H40ClN3O6S. The molecule has 0 heterocycles. The quantitative estimate of drug-likeness (QED) is 0.166. The summed E-state index contributed by atoms with van der Waals surface area (Å²) in [5, 5.41) is 3.45. The summed E-state index contributed by atoms with van der Waals surface area (Å²) in [5.41, 5.74) is 1.62. The van der Waals surface area contributed by atoms with Crippen LogP contribution in [-0.4, -0.2) is 58.5 Å². The van der Waals surface area contributed by atoms with Crippen molar-refractivity contribution in [3.8, 4) is 11.5 Å². The Hall–Kier alpha value is -4.54. The van der Waals surface area contributed by atoms with Gasteiger partial charge in [-0.1, -0.05) is 86.1 Å². The second kappa shape index (κ2) is 16.3. The summed E-state index contributed by atoms with van der Waals surface area (Å²) >= 11 is 6.32. The maximum atomic E-state index is 14.7. The van der Waals surface area contributed by atoms with E-state index in [-0.39, 0.29) is 41.1 Å². The van der Waals surface area contributed by atoms with Gasteiger partial charge in [-0.25, -0.2) is 8.42 Å². The Balaban J connectivity index is 1.85. The molecule has 4 aromatic carbocycles. The number of hydrogen-bond acceptors (Lipinski definition) is 6. The van der Waals surface area contributed by atoms with Crippen molar-refractivity contribution in [1.29, 1.82) is 0 Å². The van der Waals surface area contributed by atoms with Crippen molar-refractivity contribution in [3.63, 3.8) is 0 Å². The minimum absolute atomic E-state index is 0.000459. The molecule has 248 valence electrons. The molecule has 0 fully saturated rings. The van der Waals surface area contributed by atoms with Crippen LogP contribution in [0.1, 0.15) is 25.0 Å². The highest BCUT2D eigenvalue weighted by Crippen LogP contribution is 2.36. The van der Waals surface area contributed by atoms with Crippen molar-refractivity contribution < 1.29 is 27.5 Å². The van der Waals surface area contributed by atoms with Crippen molar-refractivity contribution in [2.24, 2.45) is 5.92 Å². The van der Waals surface area contributed by atoms with Gasteiger partial charge in [0.05, 0.1) is 24.8 Å². The van der Waals surface area contributed by atoms with Crippen molar-refractivity contribution in [2.75, 3.05) is 31.6 Å². The van der Waals surface area contributed by atoms with E-state index in [0.29, 0.717) is 22.9 Å². The third kappa shape index (κ3) is 9.27. The fourth-order valence-corrected chi connectivity index (χ4v) is 6.68. The molecule has 0 aliphatic carbocycles. The molecule has 0 aromatic heterocycles. The minimum atomic E-state index is -4.32. The van der Waals surface area contributed by atoms with Gasteiger partial charge in [0.15, 0.2) is 0 Å². The van der Waals surface area contributed by atoms with Gasteiger partial charge in [0.2, 0.25) is 11.8 Å². The lowest BCUT2D eigenvalue weighted by Crippen LogP contribution is -2.53. The predicted molar refractivity (Wildman–Crippen MR) is 184 cm³/mol. The molecule has 11 heteroatoms. The predicted octanol–water partition coefficient (Wildman–Crippen LogP) is 5.96. The third-order valence-corrected chi connectivity index (χ3v) is 9.47. The zero-order valence-corrected chi connectivity index (χ0v) is 28.5. The van der Waals surface area contributed by atoms with Crippen LogP contribution in [0.3, 0.4) is 0 Å². The molecule has 0 aliphatic rings. The van der Waals surface area contributed by atoms with E-state index in [0.717, 1.165) is 9.87 Å². The van der Waals surface area contributed by atoms with E-state index in [1.807, 2.05) is 44.2 Å². The first-order valence-corrected chi connectivity index (χ1v) is 17.0. The normalized spacial score (nSPS) is 11.9. The van der Waals surface area contributed by atoms with Gasteiger partial charge in [-0.05, 0) is 53.4 Å². The van der Waals surface area contributed by atoms with Gasteiger partial charge < -0.3 is 19.7 Å². The number of nitrogens with one attached hydrogen (secondary N) is 1. The molecule has 47 heavy (non-hydrogen) atoms. The molecule has 0 radical (unpaired) electrons. The molecular weight excluding hydrogens is 638 g/mol. The largest absolute Gasteiger partial charge is 0.497 e. The molecule has 0 bridgehead atoms. The zero-order valence-electron chi connectivity index (χ0n) is 26.9. The molecule has 4 rings (SSSR count). The lowest BCUT2D eigenvalue weighted by atomic mass is 10.0. The van der Waals surface area contributed by atoms with E-state index in [4.69, 9.17) is 21.1 Å². The maximum absolute atomic E-state index is 14.7. The summed E-state index contributed by atoms with van der Waals surface area (Å²) in [7, 11) is -1.44. The standard InChI is InChI=1S/C36H40ClN3O6S/c1-26(2)23-38-36(42)33(21-27-12-7-5-8-13-27)39(24-28-14-11-15-29(37)20-28)35(41)25-40(47(43,44)31-16-9-6-10-17-31)32-22-30(45-3)18-19-34(32)46-4/h5-20,22,26,33H,21,23-25H2,1-4H3,(H,38,42)/t33-/m1/s1. The van der Waals surface area contributed by atoms with Crippen LogP contribution >= 0.6 is 11.6 Å². The Morgan fingerprint density at radius 2 is 1.49 bits per heavy atom. The van der Waals surface area contributed by atoms with Gasteiger partial charge in [-0.15, -0.1) is 0 Å². The number of amides is 2. The number of sulfonamides is 1. The summed E-state index contributed by atoms with van der Waals surface area (Å²) in [4.78, 5) is 30.0. The van der Waals surface area contributed by atoms with Crippen molar-refractivity contribution >= 4 is 39.1 Å². The summed E-state index contributed by atoms with van der Waals surface area (Å²) in [5.74, 6) is -0.202. The Labute approximate surface area is 282 Å². The maximum Gasteiger partial charge on any atom is 0.264 e. The van der Waals surface area contributed by atoms with Crippen molar-refractivity contribution in [2.45, 2.75) is 37.8 Å². The molecule has 1 N–H and O–H groups in total. The summed E-state index contributed by atoms with van der Waals surface area (Å²) in [6, 6.07) is 28.0. The second-order valence-corrected chi connectivity index (χ2v) is 13.7. The molecule has 4 aromatic rings. The molecule has 0 spiro atoms. The highest BCUT2D eigenvalue weighted by molar-refractivity contribution is 7.92. The van der Waals surface area contributed by atoms with Gasteiger partial charge in [0.1, 0.15) is 24.1 Å². The fourth-order valence-electron chi connectivity index (χ4n) is 5.03. The minimum Gasteiger partial charge on any atom is -0.497 e. The molecule has 0 saturated heterocycles. The molecule has 0 saturated carbocycles. The van der Waals surface area contributed by atoms with Crippen LogP contribution in [0.15, 0.2) is 108 Å². The summed E-state index contributed by atoms with van der Waals surface area (Å²) in [6.45, 7) is 3.73. The van der Waals surface area contributed by atoms with Crippen LogP contribution in [0.2, 0.25) is 5.02 Å². The number of benzene rings is 4. The lowest BCUT2D eigenvalue weighted by molar-refractivity contribution is -0.140. The van der Waals surface area contributed by atoms with Gasteiger partial charge in [-0.2, -0.15) is 0 Å². The number of hydrogen-bond donors (Lipinski definition) is 1. The van der Waals surface area contributed by atoms with Gasteiger partial charge in [0, 0.05) is 30.6 Å². The molecule has 0 unspecified atom stereocenters. The van der Waals surface area contributed by atoms with Crippen LogP contribution in [0.25, 0.3) is 0 Å². The highest BCUT2D eigenvalue weighted by atomic mass is 35.5. The monoisotopic (exact) mass is 677 g/mol. The van der Waals surface area contributed by atoms with Crippen LogP contribution in [0.5, 0.6) is 11.5 Å². The molecule has 9 nitrogen and oxygen atoms in total. The van der Waals surface area contributed by atoms with E-state index in [2.05, 4.69) is 5.32 Å². The Morgan fingerprint density at radius 3 is 2.11 bits per heavy atom. The van der Waals surface area contributed by atoms with Crippen molar-refractivity contribution in [3.05, 3.63) is 119 Å². The zero-order chi connectivity index (χ0) is 34.0. The highest BCUT2D eigenvalue weighted by Gasteiger charge is 2.35. The van der Waals surface area contributed by atoms with E-state index >= 15 is 0 Å². The van der Waals surface area contributed by atoms with E-state index < -0.39 is 28.5 Å². The lowest BCUT2D eigenvalue weighted by Gasteiger charge is -2.34. The molecule has 1 atom stereocenters. The van der Waals surface area contributed by atoms with Gasteiger partial charge >= 0.3 is 0 Å². The molecule has 0 aliphatic heterocycles. The first-order valence-electron chi connectivity index (χ1n) is 15.2. The number of ether oxygens (including phenoxy) is 2. The number of methoxy groups -OCH3 is 2. The second-order valence-electron chi connectivity index (χ2n) is 11.4. The summed E-state index contributed by atoms with van der Waals surface area (Å²) < 4.78 is 40.6. The van der Waals surface area contributed by atoms with Crippen LogP contribution in [-0.2, 0) is 32.6 Å². The average molecular weight is 678 g/mol. The SMILES string of the molecule is COc1ccc(OC)c(N(CC(=O)N(Cc2cccc(Cl)c2)[C@H](Cc2ccccc2)C(=O)NCC(C)C)S(=O)(=O)c2ccccc2)c1. The topological polar surface area (TPSA) is 105 Å². The third-order valence-electron chi connectivity index (χ3n) is 7.46. The number of carbonyl (C=O) groups excluding carboxylic acids is 2. The first-order chi connectivity index (χ1) is 22.5. The smallest absolute Gasteiger partial charge is 0.264 e. The Kier molecular flexibility index (Phi) is 12.3. The first kappa shape index (κ1) is 35.3. The van der Waals surface area contributed by atoms with Gasteiger partial charge in [0.25, 0.3) is 10.0 Å². The van der Waals surface area contributed by atoms with Crippen LogP contribution < -0.4 is 19.1 Å². The number of carbonyl (C=O) groups is 2. The molecule has 2 amide bonds. The number of anilines is 1. The van der Waals surface area contributed by atoms with Crippen LogP contribution in [0.4, 0.5) is 5.69 Å². The number of rotatable bonds is 15. The fraction of sp³-hybridized carbons (Fsp3) is 0.278. The average Bonchev–Trinajstić information content (AvgIpc) is 3.08. The number of halogens is 1. The van der Waals surface area contributed by atoms with Crippen LogP contribution in [0, 0.1) is 5.92 Å². The van der Waals surface area contributed by atoms with E-state index in [9.17, 15) is 18.0 Å². The van der Waals surface area contributed by atoms with E-state index in [1.165, 1.54) is 37.3 Å². The summed E-state index contributed by atoms with van der Waals surface area (Å²) in [6.07, 6.45) is 0.199. The van der Waals surface area contributed by atoms with E-state index in [1.54, 1.807) is 54.6 Å². The Bertz CT molecular complexity index is 1750.